The van der Waals surface area contributed by atoms with Crippen LogP contribution in [-0.2, 0) is 0 Å². The number of carboxylic acid groups (broad SMARTS) is 1. The van der Waals surface area contributed by atoms with Crippen LogP contribution in [0.1, 0.15) is 43.0 Å². The van der Waals surface area contributed by atoms with E-state index in [-0.39, 0.29) is 5.56 Å². The molecule has 3 rings (SSSR count). The highest BCUT2D eigenvalue weighted by Crippen LogP contribution is 2.40. The monoisotopic (exact) mass is 487 g/mol. The van der Waals surface area contributed by atoms with Crippen molar-refractivity contribution in [3.05, 3.63) is 46.4 Å². The number of hydrogen-bond donors (Lipinski definition) is 1. The average molecular weight is 488 g/mol. The number of aromatic nitrogens is 1. The highest BCUT2D eigenvalue weighted by atomic mass is 79.9. The summed E-state index contributed by atoms with van der Waals surface area (Å²) in [5.74, 6) is 0.665. The quantitative estimate of drug-likeness (QED) is 0.336. The number of methoxy groups -OCH3 is 2. The van der Waals surface area contributed by atoms with Gasteiger partial charge in [-0.15, -0.1) is 0 Å². The van der Waals surface area contributed by atoms with E-state index in [9.17, 15) is 9.90 Å². The first-order valence-corrected chi connectivity index (χ1v) is 11.0. The van der Waals surface area contributed by atoms with Crippen LogP contribution in [0.4, 0.5) is 0 Å². The number of aromatic carboxylic acids is 1. The highest BCUT2D eigenvalue weighted by molar-refractivity contribution is 9.10. The molecule has 2 aromatic carbocycles. The molecule has 0 unspecified atom stereocenters. The molecule has 0 aliphatic rings. The van der Waals surface area contributed by atoms with Gasteiger partial charge in [-0.05, 0) is 46.6 Å². The molecule has 0 aliphatic carbocycles. The summed E-state index contributed by atoms with van der Waals surface area (Å²) in [5, 5.41) is 10.3. The topological polar surface area (TPSA) is 77.9 Å². The van der Waals surface area contributed by atoms with Crippen molar-refractivity contribution in [2.75, 3.05) is 20.8 Å². The largest absolute Gasteiger partial charge is 0.494 e. The summed E-state index contributed by atoms with van der Waals surface area (Å²) >= 11 is 3.57. The van der Waals surface area contributed by atoms with E-state index in [4.69, 9.17) is 19.2 Å². The van der Waals surface area contributed by atoms with Gasteiger partial charge in [0.05, 0.1) is 36.6 Å². The fraction of sp³-hybridized carbons (Fsp3) is 0.333. The molecule has 164 valence electrons. The average Bonchev–Trinajstić information content (AvgIpc) is 2.78. The third-order valence-electron chi connectivity index (χ3n) is 5.02. The first kappa shape index (κ1) is 22.9. The van der Waals surface area contributed by atoms with Gasteiger partial charge in [0.15, 0.2) is 11.5 Å². The molecular formula is C24H26BrNO5. The summed E-state index contributed by atoms with van der Waals surface area (Å²) in [6.45, 7) is 2.77. The maximum Gasteiger partial charge on any atom is 0.336 e. The molecule has 1 aromatic heterocycles. The van der Waals surface area contributed by atoms with E-state index in [1.807, 2.05) is 6.07 Å². The van der Waals surface area contributed by atoms with Crippen LogP contribution >= 0.6 is 15.9 Å². The van der Waals surface area contributed by atoms with Gasteiger partial charge in [0, 0.05) is 10.9 Å². The Morgan fingerprint density at radius 3 is 2.52 bits per heavy atom. The lowest BCUT2D eigenvalue weighted by molar-refractivity contribution is 0.0699. The number of para-hydroxylation sites is 1. The number of carboxylic acids is 1. The summed E-state index contributed by atoms with van der Waals surface area (Å²) in [4.78, 5) is 16.6. The van der Waals surface area contributed by atoms with Gasteiger partial charge in [-0.25, -0.2) is 9.78 Å². The molecule has 0 saturated carbocycles. The molecule has 3 aromatic rings. The van der Waals surface area contributed by atoms with Crippen molar-refractivity contribution in [3.8, 4) is 28.5 Å². The Morgan fingerprint density at radius 1 is 1.06 bits per heavy atom. The van der Waals surface area contributed by atoms with Crippen molar-refractivity contribution in [1.29, 1.82) is 0 Å². The van der Waals surface area contributed by atoms with Gasteiger partial charge in [0.2, 0.25) is 0 Å². The molecule has 0 bridgehead atoms. The highest BCUT2D eigenvalue weighted by Gasteiger charge is 2.18. The number of unbranched alkanes of at least 4 members (excludes halogenated alkanes) is 3. The summed E-state index contributed by atoms with van der Waals surface area (Å²) in [7, 11) is 3.12. The first-order chi connectivity index (χ1) is 15.0. The molecule has 1 heterocycles. The van der Waals surface area contributed by atoms with Gasteiger partial charge in [-0.1, -0.05) is 38.3 Å². The molecule has 0 saturated heterocycles. The third-order valence-corrected chi connectivity index (χ3v) is 5.61. The van der Waals surface area contributed by atoms with Crippen LogP contribution in [0.15, 0.2) is 40.9 Å². The molecule has 0 radical (unpaired) electrons. The van der Waals surface area contributed by atoms with Crippen LogP contribution in [0.3, 0.4) is 0 Å². The number of pyridine rings is 1. The van der Waals surface area contributed by atoms with Crippen LogP contribution in [0, 0.1) is 0 Å². The molecule has 0 aliphatic heterocycles. The van der Waals surface area contributed by atoms with Crippen LogP contribution in [0.2, 0.25) is 0 Å². The first-order valence-electron chi connectivity index (χ1n) is 10.2. The molecular weight excluding hydrogens is 462 g/mol. The second-order valence-electron chi connectivity index (χ2n) is 7.12. The van der Waals surface area contributed by atoms with E-state index in [1.54, 1.807) is 37.4 Å². The normalized spacial score (nSPS) is 10.8. The van der Waals surface area contributed by atoms with Gasteiger partial charge in [0.25, 0.3) is 0 Å². The number of halogens is 1. The molecule has 7 heteroatoms. The Balaban J connectivity index is 2.04. The predicted molar refractivity (Wildman–Crippen MR) is 125 cm³/mol. The molecule has 0 fully saturated rings. The standard InChI is InChI=1S/C24H26BrNO5/c1-4-5-6-7-11-31-23-18(25)12-15(13-21(23)30-3)19-14-17(24(27)28)16-9-8-10-20(29-2)22(16)26-19/h8-10,12-14H,4-7,11H2,1-3H3,(H,27,28). The van der Waals surface area contributed by atoms with Gasteiger partial charge in [-0.3, -0.25) is 0 Å². The smallest absolute Gasteiger partial charge is 0.336 e. The molecule has 0 amide bonds. The van der Waals surface area contributed by atoms with Crippen LogP contribution in [0.25, 0.3) is 22.2 Å². The minimum atomic E-state index is -1.03. The third kappa shape index (κ3) is 5.10. The number of ether oxygens (including phenoxy) is 3. The summed E-state index contributed by atoms with van der Waals surface area (Å²) in [6, 6.07) is 10.5. The van der Waals surface area contributed by atoms with E-state index in [2.05, 4.69) is 22.9 Å². The second kappa shape index (κ2) is 10.5. The maximum absolute atomic E-state index is 11.9. The summed E-state index contributed by atoms with van der Waals surface area (Å²) < 4.78 is 17.6. The van der Waals surface area contributed by atoms with E-state index < -0.39 is 5.97 Å². The van der Waals surface area contributed by atoms with Crippen molar-refractivity contribution in [2.24, 2.45) is 0 Å². The van der Waals surface area contributed by atoms with E-state index in [0.717, 1.165) is 17.3 Å². The number of carbonyl (C=O) groups is 1. The molecule has 0 atom stereocenters. The second-order valence-corrected chi connectivity index (χ2v) is 7.97. The Hall–Kier alpha value is -2.80. The lowest BCUT2D eigenvalue weighted by Gasteiger charge is -2.15. The lowest BCUT2D eigenvalue weighted by Crippen LogP contribution is -2.03. The van der Waals surface area contributed by atoms with Crippen molar-refractivity contribution in [1.82, 2.24) is 4.98 Å². The minimum absolute atomic E-state index is 0.158. The number of benzene rings is 2. The zero-order valence-electron chi connectivity index (χ0n) is 17.9. The number of fused-ring (bicyclic) bond motifs is 1. The fourth-order valence-electron chi connectivity index (χ4n) is 3.42. The van der Waals surface area contributed by atoms with Gasteiger partial charge >= 0.3 is 5.97 Å². The van der Waals surface area contributed by atoms with Crippen molar-refractivity contribution >= 4 is 32.8 Å². The molecule has 6 nitrogen and oxygen atoms in total. The number of rotatable bonds is 10. The van der Waals surface area contributed by atoms with Crippen molar-refractivity contribution < 1.29 is 24.1 Å². The van der Waals surface area contributed by atoms with Crippen molar-refractivity contribution in [2.45, 2.75) is 32.6 Å². The molecule has 0 spiro atoms. The van der Waals surface area contributed by atoms with Crippen LogP contribution in [-0.4, -0.2) is 36.9 Å². The minimum Gasteiger partial charge on any atom is -0.494 e. The van der Waals surface area contributed by atoms with E-state index in [1.165, 1.54) is 20.0 Å². The van der Waals surface area contributed by atoms with Gasteiger partial charge in [0.1, 0.15) is 11.3 Å². The zero-order chi connectivity index (χ0) is 22.4. The number of nitrogens with zero attached hydrogens (tertiary/aromatic N) is 1. The zero-order valence-corrected chi connectivity index (χ0v) is 19.5. The summed E-state index contributed by atoms with van der Waals surface area (Å²) in [6.07, 6.45) is 4.45. The van der Waals surface area contributed by atoms with Crippen molar-refractivity contribution in [3.63, 3.8) is 0 Å². The number of hydrogen-bond acceptors (Lipinski definition) is 5. The van der Waals surface area contributed by atoms with Crippen LogP contribution < -0.4 is 14.2 Å². The SMILES string of the molecule is CCCCCCOc1c(Br)cc(-c2cc(C(=O)O)c3cccc(OC)c3n2)cc1OC. The van der Waals surface area contributed by atoms with Crippen LogP contribution in [0.5, 0.6) is 17.2 Å². The fourth-order valence-corrected chi connectivity index (χ4v) is 3.98. The Kier molecular flexibility index (Phi) is 7.74. The predicted octanol–water partition coefficient (Wildman–Crippen LogP) is 6.34. The van der Waals surface area contributed by atoms with Gasteiger partial charge < -0.3 is 19.3 Å². The van der Waals surface area contributed by atoms with E-state index in [0.29, 0.717) is 46.0 Å². The lowest BCUT2D eigenvalue weighted by atomic mass is 10.0. The maximum atomic E-state index is 11.9. The molecule has 1 N–H and O–H groups in total. The molecule has 31 heavy (non-hydrogen) atoms. The summed E-state index contributed by atoms with van der Waals surface area (Å²) in [5.41, 5.74) is 1.86. The Labute approximate surface area is 190 Å². The Morgan fingerprint density at radius 2 is 1.84 bits per heavy atom. The van der Waals surface area contributed by atoms with E-state index >= 15 is 0 Å². The van der Waals surface area contributed by atoms with Gasteiger partial charge in [-0.2, -0.15) is 0 Å². The Bertz CT molecular complexity index is 1080.